The quantitative estimate of drug-likeness (QED) is 0.734. The molecule has 0 unspecified atom stereocenters. The van der Waals surface area contributed by atoms with Gasteiger partial charge in [0, 0.05) is 23.9 Å². The number of nitrogens with one attached hydrogen (secondary N) is 1. The van der Waals surface area contributed by atoms with E-state index in [-0.39, 0.29) is 29.5 Å². The number of hydrogen-bond donors (Lipinski definition) is 1. The molecule has 0 saturated heterocycles. The molecule has 0 amide bonds. The first-order chi connectivity index (χ1) is 11.6. The van der Waals surface area contributed by atoms with Crippen molar-refractivity contribution in [1.82, 2.24) is 9.29 Å². The highest BCUT2D eigenvalue weighted by atomic mass is 35.5. The molecule has 3 rings (SSSR count). The van der Waals surface area contributed by atoms with Gasteiger partial charge in [0.05, 0.1) is 4.90 Å². The lowest BCUT2D eigenvalue weighted by molar-refractivity contribution is 0.585. The molecule has 0 aliphatic rings. The zero-order valence-corrected chi connectivity index (χ0v) is 15.1. The highest BCUT2D eigenvalue weighted by Gasteiger charge is 2.26. The molecule has 1 aromatic heterocycles. The lowest BCUT2D eigenvalue weighted by atomic mass is 10.1. The molecule has 2 aromatic carbocycles. The lowest BCUT2D eigenvalue weighted by Crippen LogP contribution is -2.13. The predicted molar refractivity (Wildman–Crippen MR) is 98.9 cm³/mol. The molecular weight excluding hydrogens is 363 g/mol. The summed E-state index contributed by atoms with van der Waals surface area (Å²) in [5.74, 6) is -0.532. The molecule has 25 heavy (non-hydrogen) atoms. The van der Waals surface area contributed by atoms with E-state index in [0.29, 0.717) is 11.1 Å². The second-order valence-corrected chi connectivity index (χ2v) is 7.14. The summed E-state index contributed by atoms with van der Waals surface area (Å²) in [6.07, 6.45) is 1.34. The first-order valence-corrected chi connectivity index (χ1v) is 8.90. The number of rotatable bonds is 5. The fourth-order valence-corrected chi connectivity index (χ4v) is 3.99. The topological polar surface area (TPSA) is 51.1 Å². The van der Waals surface area contributed by atoms with Crippen LogP contribution in [0, 0.1) is 5.82 Å². The molecule has 0 saturated carbocycles. The van der Waals surface area contributed by atoms with Crippen molar-refractivity contribution in [3.8, 4) is 11.3 Å². The van der Waals surface area contributed by atoms with Gasteiger partial charge in [0.2, 0.25) is 0 Å². The van der Waals surface area contributed by atoms with Gasteiger partial charge in [-0.2, -0.15) is 0 Å². The SMILES string of the molecule is CNCc1cn(S(=O)(=O)c2ccccc2)c(-c2ccccc2)c1F.Cl. The Balaban J connectivity index is 0.00000225. The molecule has 0 atom stereocenters. The summed E-state index contributed by atoms with van der Waals surface area (Å²) in [6, 6.07) is 16.7. The van der Waals surface area contributed by atoms with Crippen LogP contribution in [0.2, 0.25) is 0 Å². The monoisotopic (exact) mass is 380 g/mol. The molecular formula is C18H18ClFN2O2S. The first kappa shape index (κ1) is 19.2. The maximum absolute atomic E-state index is 14.9. The minimum Gasteiger partial charge on any atom is -0.316 e. The molecule has 1 heterocycles. The van der Waals surface area contributed by atoms with Crippen LogP contribution in [0.3, 0.4) is 0 Å². The molecule has 132 valence electrons. The van der Waals surface area contributed by atoms with Crippen LogP contribution in [0.5, 0.6) is 0 Å². The molecule has 0 aliphatic carbocycles. The largest absolute Gasteiger partial charge is 0.316 e. The number of benzene rings is 2. The van der Waals surface area contributed by atoms with E-state index in [1.54, 1.807) is 55.6 Å². The molecule has 1 N–H and O–H groups in total. The minimum absolute atomic E-state index is 0. The third-order valence-corrected chi connectivity index (χ3v) is 5.37. The van der Waals surface area contributed by atoms with Crippen molar-refractivity contribution < 1.29 is 12.8 Å². The van der Waals surface area contributed by atoms with Gasteiger partial charge in [-0.3, -0.25) is 0 Å². The van der Waals surface area contributed by atoms with Crippen molar-refractivity contribution in [1.29, 1.82) is 0 Å². The summed E-state index contributed by atoms with van der Waals surface area (Å²) in [6.45, 7) is 0.239. The van der Waals surface area contributed by atoms with E-state index in [0.717, 1.165) is 3.97 Å². The van der Waals surface area contributed by atoms with E-state index in [4.69, 9.17) is 0 Å². The third kappa shape index (κ3) is 3.61. The molecule has 0 spiro atoms. The van der Waals surface area contributed by atoms with Crippen LogP contribution in [0.1, 0.15) is 5.56 Å². The van der Waals surface area contributed by atoms with Crippen molar-refractivity contribution in [2.75, 3.05) is 7.05 Å². The van der Waals surface area contributed by atoms with Gasteiger partial charge in [-0.1, -0.05) is 48.5 Å². The van der Waals surface area contributed by atoms with E-state index >= 15 is 0 Å². The molecule has 0 fully saturated rings. The summed E-state index contributed by atoms with van der Waals surface area (Å²) in [5.41, 5.74) is 0.859. The summed E-state index contributed by atoms with van der Waals surface area (Å²) >= 11 is 0. The van der Waals surface area contributed by atoms with E-state index in [2.05, 4.69) is 5.32 Å². The van der Waals surface area contributed by atoms with Gasteiger partial charge >= 0.3 is 0 Å². The molecule has 0 radical (unpaired) electrons. The van der Waals surface area contributed by atoms with Gasteiger partial charge in [-0.05, 0) is 19.2 Å². The van der Waals surface area contributed by atoms with Gasteiger partial charge in [-0.15, -0.1) is 12.4 Å². The van der Waals surface area contributed by atoms with Crippen molar-refractivity contribution in [2.45, 2.75) is 11.4 Å². The zero-order valence-electron chi connectivity index (χ0n) is 13.5. The van der Waals surface area contributed by atoms with Crippen LogP contribution in [0.15, 0.2) is 71.8 Å². The fourth-order valence-electron chi connectivity index (χ4n) is 2.57. The highest BCUT2D eigenvalue weighted by Crippen LogP contribution is 2.30. The average molecular weight is 381 g/mol. The van der Waals surface area contributed by atoms with E-state index in [9.17, 15) is 12.8 Å². The zero-order chi connectivity index (χ0) is 17.2. The Morgan fingerprint density at radius 2 is 1.56 bits per heavy atom. The first-order valence-electron chi connectivity index (χ1n) is 7.46. The summed E-state index contributed by atoms with van der Waals surface area (Å²) in [5, 5.41) is 2.86. The van der Waals surface area contributed by atoms with Gasteiger partial charge in [0.25, 0.3) is 10.0 Å². The highest BCUT2D eigenvalue weighted by molar-refractivity contribution is 7.90. The Morgan fingerprint density at radius 1 is 1.00 bits per heavy atom. The van der Waals surface area contributed by atoms with Gasteiger partial charge in [-0.25, -0.2) is 16.8 Å². The molecule has 4 nitrogen and oxygen atoms in total. The van der Waals surface area contributed by atoms with Crippen LogP contribution in [0.25, 0.3) is 11.3 Å². The lowest BCUT2D eigenvalue weighted by Gasteiger charge is -2.10. The fraction of sp³-hybridized carbons (Fsp3) is 0.111. The molecule has 0 aliphatic heterocycles. The van der Waals surface area contributed by atoms with E-state index in [1.807, 2.05) is 0 Å². The Bertz CT molecular complexity index is 942. The number of halogens is 2. The van der Waals surface area contributed by atoms with Gasteiger partial charge in [0.15, 0.2) is 5.82 Å². The Morgan fingerprint density at radius 3 is 2.12 bits per heavy atom. The summed E-state index contributed by atoms with van der Waals surface area (Å²) < 4.78 is 41.9. The molecule has 0 bridgehead atoms. The Labute approximate surface area is 152 Å². The Hall–Kier alpha value is -2.15. The normalized spacial score (nSPS) is 11.1. The summed E-state index contributed by atoms with van der Waals surface area (Å²) in [7, 11) is -2.20. The van der Waals surface area contributed by atoms with Crippen LogP contribution in [0.4, 0.5) is 4.39 Å². The smallest absolute Gasteiger partial charge is 0.268 e. The number of nitrogens with zero attached hydrogens (tertiary/aromatic N) is 1. The van der Waals surface area contributed by atoms with Crippen molar-refractivity contribution >= 4 is 22.4 Å². The maximum Gasteiger partial charge on any atom is 0.268 e. The van der Waals surface area contributed by atoms with Crippen molar-refractivity contribution in [3.63, 3.8) is 0 Å². The molecule has 3 aromatic rings. The molecule has 7 heteroatoms. The minimum atomic E-state index is -3.89. The van der Waals surface area contributed by atoms with Gasteiger partial charge < -0.3 is 5.32 Å². The van der Waals surface area contributed by atoms with E-state index in [1.165, 1.54) is 18.3 Å². The number of hydrogen-bond acceptors (Lipinski definition) is 3. The van der Waals surface area contributed by atoms with Crippen molar-refractivity contribution in [3.05, 3.63) is 78.2 Å². The van der Waals surface area contributed by atoms with Crippen LogP contribution in [-0.4, -0.2) is 19.4 Å². The maximum atomic E-state index is 14.9. The van der Waals surface area contributed by atoms with Crippen LogP contribution < -0.4 is 5.32 Å². The van der Waals surface area contributed by atoms with Crippen molar-refractivity contribution in [2.24, 2.45) is 0 Å². The van der Waals surface area contributed by atoms with Gasteiger partial charge in [0.1, 0.15) is 5.69 Å². The Kier molecular flexibility index (Phi) is 6.00. The second kappa shape index (κ2) is 7.82. The third-order valence-electron chi connectivity index (χ3n) is 3.70. The standard InChI is InChI=1S/C18H17FN2O2S.ClH/c1-20-12-15-13-21(24(22,23)16-10-6-3-7-11-16)18(17(15)19)14-8-4-2-5-9-14;/h2-11,13,20H,12H2,1H3;1H. The number of aromatic nitrogens is 1. The van der Waals surface area contributed by atoms with Crippen LogP contribution >= 0.6 is 12.4 Å². The summed E-state index contributed by atoms with van der Waals surface area (Å²) in [4.78, 5) is 0.119. The van der Waals surface area contributed by atoms with E-state index < -0.39 is 15.8 Å². The van der Waals surface area contributed by atoms with Crippen LogP contribution in [-0.2, 0) is 16.6 Å². The predicted octanol–water partition coefficient (Wildman–Crippen LogP) is 3.67. The second-order valence-electron chi connectivity index (χ2n) is 5.33. The average Bonchev–Trinajstić information content (AvgIpc) is 2.94.